The van der Waals surface area contributed by atoms with Crippen LogP contribution in [0.5, 0.6) is 0 Å². The summed E-state index contributed by atoms with van der Waals surface area (Å²) >= 11 is 0. The molecular formula is C15H13F3N2O. The van der Waals surface area contributed by atoms with Crippen LogP contribution in [-0.4, -0.2) is 5.91 Å². The Morgan fingerprint density at radius 1 is 1.05 bits per heavy atom. The van der Waals surface area contributed by atoms with Crippen molar-refractivity contribution in [2.75, 3.05) is 5.32 Å². The number of nitrogens with two attached hydrogens (primary N) is 1. The van der Waals surface area contributed by atoms with Crippen LogP contribution in [0.25, 0.3) is 0 Å². The third-order valence-corrected chi connectivity index (χ3v) is 3.20. The van der Waals surface area contributed by atoms with Crippen LogP contribution in [0.1, 0.15) is 12.5 Å². The normalized spacial score (nSPS) is 13.5. The van der Waals surface area contributed by atoms with E-state index in [-0.39, 0.29) is 5.56 Å². The minimum atomic E-state index is -1.68. The van der Waals surface area contributed by atoms with E-state index >= 15 is 0 Å². The number of amides is 1. The van der Waals surface area contributed by atoms with Crippen LogP contribution in [0, 0.1) is 17.5 Å². The Bertz CT molecular complexity index is 673. The molecular weight excluding hydrogens is 281 g/mol. The molecule has 0 aliphatic rings. The van der Waals surface area contributed by atoms with Crippen molar-refractivity contribution in [3.63, 3.8) is 0 Å². The van der Waals surface area contributed by atoms with E-state index in [2.05, 4.69) is 5.32 Å². The van der Waals surface area contributed by atoms with Crippen molar-refractivity contribution in [1.82, 2.24) is 0 Å². The van der Waals surface area contributed by atoms with Crippen LogP contribution in [0.4, 0.5) is 18.9 Å². The summed E-state index contributed by atoms with van der Waals surface area (Å²) in [6.45, 7) is 1.33. The molecule has 0 bridgehead atoms. The van der Waals surface area contributed by atoms with Crippen molar-refractivity contribution in [1.29, 1.82) is 0 Å². The molecule has 2 aromatic carbocycles. The van der Waals surface area contributed by atoms with E-state index in [1.165, 1.54) is 31.2 Å². The van der Waals surface area contributed by atoms with Gasteiger partial charge in [-0.1, -0.05) is 0 Å². The molecule has 0 aliphatic carbocycles. The molecule has 2 aromatic rings. The lowest BCUT2D eigenvalue weighted by Gasteiger charge is -2.29. The van der Waals surface area contributed by atoms with Crippen LogP contribution < -0.4 is 11.1 Å². The van der Waals surface area contributed by atoms with Gasteiger partial charge in [0.1, 0.15) is 23.0 Å². The van der Waals surface area contributed by atoms with Gasteiger partial charge in [0.25, 0.3) is 0 Å². The SMILES string of the molecule is CC(Nc1ccc(F)cc1)(C(N)=O)c1cc(F)ccc1F. The zero-order valence-electron chi connectivity index (χ0n) is 11.2. The van der Waals surface area contributed by atoms with Crippen LogP contribution in [0.3, 0.4) is 0 Å². The Kier molecular flexibility index (Phi) is 3.88. The Hall–Kier alpha value is -2.50. The third-order valence-electron chi connectivity index (χ3n) is 3.20. The first-order valence-corrected chi connectivity index (χ1v) is 6.12. The number of hydrogen-bond acceptors (Lipinski definition) is 2. The summed E-state index contributed by atoms with van der Waals surface area (Å²) in [6, 6.07) is 7.84. The average Bonchev–Trinajstić information content (AvgIpc) is 2.43. The zero-order valence-corrected chi connectivity index (χ0v) is 11.2. The summed E-state index contributed by atoms with van der Waals surface area (Å²) in [7, 11) is 0. The maximum absolute atomic E-state index is 13.9. The van der Waals surface area contributed by atoms with Crippen molar-refractivity contribution in [2.24, 2.45) is 5.73 Å². The second-order valence-corrected chi connectivity index (χ2v) is 4.75. The summed E-state index contributed by atoms with van der Waals surface area (Å²) < 4.78 is 40.1. The smallest absolute Gasteiger partial charge is 0.247 e. The van der Waals surface area contributed by atoms with Gasteiger partial charge in [-0.05, 0) is 49.4 Å². The van der Waals surface area contributed by atoms with Crippen molar-refractivity contribution in [2.45, 2.75) is 12.5 Å². The quantitative estimate of drug-likeness (QED) is 0.911. The van der Waals surface area contributed by atoms with Gasteiger partial charge in [0.15, 0.2) is 0 Å². The zero-order chi connectivity index (χ0) is 15.6. The largest absolute Gasteiger partial charge is 0.368 e. The highest BCUT2D eigenvalue weighted by atomic mass is 19.1. The summed E-state index contributed by atoms with van der Waals surface area (Å²) in [4.78, 5) is 11.8. The second-order valence-electron chi connectivity index (χ2n) is 4.75. The maximum atomic E-state index is 13.9. The molecule has 110 valence electrons. The van der Waals surface area contributed by atoms with Crippen LogP contribution in [0.15, 0.2) is 42.5 Å². The van der Waals surface area contributed by atoms with E-state index in [1.54, 1.807) is 0 Å². The topological polar surface area (TPSA) is 55.1 Å². The first kappa shape index (κ1) is 14.9. The predicted octanol–water partition coefficient (Wildman–Crippen LogP) is 2.92. The molecule has 3 nitrogen and oxygen atoms in total. The molecule has 1 unspecified atom stereocenters. The molecule has 1 atom stereocenters. The molecule has 0 saturated heterocycles. The third kappa shape index (κ3) is 2.99. The van der Waals surface area contributed by atoms with E-state index in [9.17, 15) is 18.0 Å². The Labute approximate surface area is 119 Å². The molecule has 6 heteroatoms. The molecule has 0 radical (unpaired) electrons. The molecule has 21 heavy (non-hydrogen) atoms. The molecule has 1 amide bonds. The van der Waals surface area contributed by atoms with Crippen molar-refractivity contribution >= 4 is 11.6 Å². The van der Waals surface area contributed by atoms with Gasteiger partial charge in [-0.15, -0.1) is 0 Å². The number of benzene rings is 2. The minimum Gasteiger partial charge on any atom is -0.368 e. The molecule has 0 aromatic heterocycles. The van der Waals surface area contributed by atoms with Gasteiger partial charge < -0.3 is 11.1 Å². The molecule has 3 N–H and O–H groups in total. The molecule has 0 aliphatic heterocycles. The Balaban J connectivity index is 2.47. The number of carbonyl (C=O) groups excluding carboxylic acids is 1. The number of anilines is 1. The first-order valence-electron chi connectivity index (χ1n) is 6.12. The number of halogens is 3. The monoisotopic (exact) mass is 294 g/mol. The lowest BCUT2D eigenvalue weighted by atomic mass is 9.90. The molecule has 0 spiro atoms. The van der Waals surface area contributed by atoms with Gasteiger partial charge in [0.2, 0.25) is 5.91 Å². The summed E-state index contributed by atoms with van der Waals surface area (Å²) in [5, 5.41) is 2.72. The summed E-state index contributed by atoms with van der Waals surface area (Å²) in [5.41, 5.74) is 3.78. The average molecular weight is 294 g/mol. The summed E-state index contributed by atoms with van der Waals surface area (Å²) in [5.74, 6) is -2.82. The second kappa shape index (κ2) is 5.47. The lowest BCUT2D eigenvalue weighted by molar-refractivity contribution is -0.122. The first-order chi connectivity index (χ1) is 9.83. The standard InChI is InChI=1S/C15H13F3N2O/c1-15(14(19)21,12-8-10(17)4-7-13(12)18)20-11-5-2-9(16)3-6-11/h2-8,20H,1H3,(H2,19,21). The fraction of sp³-hybridized carbons (Fsp3) is 0.133. The fourth-order valence-corrected chi connectivity index (χ4v) is 1.96. The Morgan fingerprint density at radius 3 is 2.19 bits per heavy atom. The number of carbonyl (C=O) groups is 1. The number of primary amides is 1. The fourth-order valence-electron chi connectivity index (χ4n) is 1.96. The van der Waals surface area contributed by atoms with Gasteiger partial charge in [0.05, 0.1) is 0 Å². The summed E-state index contributed by atoms with van der Waals surface area (Å²) in [6.07, 6.45) is 0. The van der Waals surface area contributed by atoms with Crippen molar-refractivity contribution in [3.8, 4) is 0 Å². The minimum absolute atomic E-state index is 0.223. The van der Waals surface area contributed by atoms with E-state index < -0.39 is 28.9 Å². The highest BCUT2D eigenvalue weighted by Gasteiger charge is 2.36. The molecule has 0 heterocycles. The Morgan fingerprint density at radius 2 is 1.62 bits per heavy atom. The predicted molar refractivity (Wildman–Crippen MR) is 72.9 cm³/mol. The van der Waals surface area contributed by atoms with Gasteiger partial charge in [-0.2, -0.15) is 0 Å². The molecule has 2 rings (SSSR count). The van der Waals surface area contributed by atoms with E-state index in [0.717, 1.165) is 18.2 Å². The maximum Gasteiger partial charge on any atom is 0.247 e. The van der Waals surface area contributed by atoms with Gasteiger partial charge in [-0.3, -0.25) is 4.79 Å². The van der Waals surface area contributed by atoms with Gasteiger partial charge in [-0.25, -0.2) is 13.2 Å². The number of rotatable bonds is 4. The molecule has 0 saturated carbocycles. The van der Waals surface area contributed by atoms with Crippen molar-refractivity contribution < 1.29 is 18.0 Å². The van der Waals surface area contributed by atoms with Crippen LogP contribution >= 0.6 is 0 Å². The molecule has 0 fully saturated rings. The number of hydrogen-bond donors (Lipinski definition) is 2. The van der Waals surface area contributed by atoms with Crippen LogP contribution in [-0.2, 0) is 10.3 Å². The van der Waals surface area contributed by atoms with E-state index in [0.29, 0.717) is 5.69 Å². The van der Waals surface area contributed by atoms with Crippen molar-refractivity contribution in [3.05, 3.63) is 65.5 Å². The highest BCUT2D eigenvalue weighted by molar-refractivity contribution is 5.89. The lowest BCUT2D eigenvalue weighted by Crippen LogP contribution is -2.45. The van der Waals surface area contributed by atoms with Gasteiger partial charge in [0, 0.05) is 11.3 Å². The van der Waals surface area contributed by atoms with Crippen LogP contribution in [0.2, 0.25) is 0 Å². The van der Waals surface area contributed by atoms with E-state index in [1.807, 2.05) is 0 Å². The highest BCUT2D eigenvalue weighted by Crippen LogP contribution is 2.29. The number of nitrogens with one attached hydrogen (secondary N) is 1. The van der Waals surface area contributed by atoms with Gasteiger partial charge >= 0.3 is 0 Å². The van der Waals surface area contributed by atoms with E-state index in [4.69, 9.17) is 5.73 Å².